The summed E-state index contributed by atoms with van der Waals surface area (Å²) in [6.07, 6.45) is 12.0. The van der Waals surface area contributed by atoms with Crippen LogP contribution in [0.25, 0.3) is 0 Å². The molecule has 2 aromatic carbocycles. The zero-order chi connectivity index (χ0) is 19.3. The molecule has 0 fully saturated rings. The van der Waals surface area contributed by atoms with E-state index < -0.39 is 0 Å². The monoisotopic (exact) mass is 366 g/mol. The van der Waals surface area contributed by atoms with Crippen LogP contribution in [-0.4, -0.2) is 11.9 Å². The van der Waals surface area contributed by atoms with E-state index in [1.807, 2.05) is 54.6 Å². The van der Waals surface area contributed by atoms with Gasteiger partial charge in [-0.2, -0.15) is 0 Å². The van der Waals surface area contributed by atoms with Gasteiger partial charge in [-0.1, -0.05) is 82.2 Å². The van der Waals surface area contributed by atoms with Crippen LogP contribution in [0.15, 0.2) is 54.6 Å². The molecule has 0 heterocycles. The van der Waals surface area contributed by atoms with Gasteiger partial charge in [0.2, 0.25) is 0 Å². The number of carbonyl (C=O) groups is 1. The van der Waals surface area contributed by atoms with Gasteiger partial charge >= 0.3 is 0 Å². The molecule has 0 aliphatic heterocycles. The summed E-state index contributed by atoms with van der Waals surface area (Å²) in [5, 5.41) is 0. The molecule has 0 bridgehead atoms. The molecule has 2 aromatic rings. The highest BCUT2D eigenvalue weighted by Crippen LogP contribution is 2.18. The molecule has 1 atom stereocenters. The Morgan fingerprint density at radius 1 is 0.778 bits per heavy atom. The molecule has 146 valence electrons. The standard InChI is InChI=1S/C25H34O2/c1-3-4-5-6-7-8-9-11-14-21(2)27-24-19-17-23(18-20-24)25(26)22-15-12-10-13-16-22/h10,12-13,15-21H,3-9,11,14H2,1-2H3. The van der Waals surface area contributed by atoms with Crippen LogP contribution < -0.4 is 4.74 Å². The third-order valence-electron chi connectivity index (χ3n) is 4.95. The Bertz CT molecular complexity index is 646. The van der Waals surface area contributed by atoms with Crippen molar-refractivity contribution in [3.8, 4) is 5.75 Å². The summed E-state index contributed by atoms with van der Waals surface area (Å²) in [6, 6.07) is 16.9. The fourth-order valence-corrected chi connectivity index (χ4v) is 3.30. The number of hydrogen-bond donors (Lipinski definition) is 0. The summed E-state index contributed by atoms with van der Waals surface area (Å²) in [6.45, 7) is 4.39. The van der Waals surface area contributed by atoms with Crippen molar-refractivity contribution in [2.75, 3.05) is 0 Å². The largest absolute Gasteiger partial charge is 0.491 e. The molecule has 27 heavy (non-hydrogen) atoms. The minimum Gasteiger partial charge on any atom is -0.491 e. The van der Waals surface area contributed by atoms with Crippen LogP contribution in [0.5, 0.6) is 5.75 Å². The van der Waals surface area contributed by atoms with Crippen molar-refractivity contribution < 1.29 is 9.53 Å². The van der Waals surface area contributed by atoms with Crippen molar-refractivity contribution in [2.45, 2.75) is 77.7 Å². The lowest BCUT2D eigenvalue weighted by Gasteiger charge is -2.15. The van der Waals surface area contributed by atoms with E-state index in [0.29, 0.717) is 11.1 Å². The first kappa shape index (κ1) is 21.2. The second kappa shape index (κ2) is 12.3. The summed E-state index contributed by atoms with van der Waals surface area (Å²) < 4.78 is 6.00. The Morgan fingerprint density at radius 2 is 1.33 bits per heavy atom. The van der Waals surface area contributed by atoms with Gasteiger partial charge in [-0.15, -0.1) is 0 Å². The number of hydrogen-bond acceptors (Lipinski definition) is 2. The highest BCUT2D eigenvalue weighted by atomic mass is 16.5. The molecule has 0 spiro atoms. The lowest BCUT2D eigenvalue weighted by molar-refractivity contribution is 0.103. The maximum absolute atomic E-state index is 12.4. The SMILES string of the molecule is CCCCCCCCCCC(C)Oc1ccc(C(=O)c2ccccc2)cc1. The molecule has 1 unspecified atom stereocenters. The lowest BCUT2D eigenvalue weighted by Crippen LogP contribution is -2.11. The predicted octanol–water partition coefficient (Wildman–Crippen LogP) is 7.22. The van der Waals surface area contributed by atoms with Gasteiger partial charge in [-0.25, -0.2) is 0 Å². The normalized spacial score (nSPS) is 11.9. The van der Waals surface area contributed by atoms with E-state index in [1.165, 1.54) is 51.4 Å². The zero-order valence-electron chi connectivity index (χ0n) is 17.0. The Balaban J connectivity index is 1.67. The van der Waals surface area contributed by atoms with E-state index in [4.69, 9.17) is 4.74 Å². The van der Waals surface area contributed by atoms with Crippen LogP contribution in [0.1, 0.15) is 87.6 Å². The van der Waals surface area contributed by atoms with Crippen molar-refractivity contribution in [1.29, 1.82) is 0 Å². The van der Waals surface area contributed by atoms with Crippen molar-refractivity contribution >= 4 is 5.78 Å². The fraction of sp³-hybridized carbons (Fsp3) is 0.480. The van der Waals surface area contributed by atoms with E-state index in [1.54, 1.807) is 0 Å². The predicted molar refractivity (Wildman–Crippen MR) is 114 cm³/mol. The number of ether oxygens (including phenoxy) is 1. The summed E-state index contributed by atoms with van der Waals surface area (Å²) in [5.41, 5.74) is 1.42. The van der Waals surface area contributed by atoms with Gasteiger partial charge in [-0.05, 0) is 44.0 Å². The van der Waals surface area contributed by atoms with Crippen molar-refractivity contribution in [1.82, 2.24) is 0 Å². The maximum atomic E-state index is 12.4. The average Bonchev–Trinajstić information content (AvgIpc) is 2.70. The Morgan fingerprint density at radius 3 is 1.96 bits per heavy atom. The molecule has 2 heteroatoms. The minimum absolute atomic E-state index is 0.0501. The third kappa shape index (κ3) is 7.99. The van der Waals surface area contributed by atoms with Gasteiger partial charge in [0.25, 0.3) is 0 Å². The molecule has 0 saturated carbocycles. The number of benzene rings is 2. The molecule has 0 aromatic heterocycles. The number of rotatable bonds is 13. The van der Waals surface area contributed by atoms with Crippen LogP contribution in [-0.2, 0) is 0 Å². The summed E-state index contributed by atoms with van der Waals surface area (Å²) >= 11 is 0. The van der Waals surface area contributed by atoms with Crippen molar-refractivity contribution in [3.63, 3.8) is 0 Å². The van der Waals surface area contributed by atoms with Gasteiger partial charge < -0.3 is 4.74 Å². The Hall–Kier alpha value is -2.09. The van der Waals surface area contributed by atoms with E-state index in [-0.39, 0.29) is 11.9 Å². The molecule has 2 rings (SSSR count). The summed E-state index contributed by atoms with van der Waals surface area (Å²) in [5.74, 6) is 0.890. The topological polar surface area (TPSA) is 26.3 Å². The van der Waals surface area contributed by atoms with Gasteiger partial charge in [0, 0.05) is 11.1 Å². The lowest BCUT2D eigenvalue weighted by atomic mass is 10.0. The van der Waals surface area contributed by atoms with Gasteiger partial charge in [0.1, 0.15) is 5.75 Å². The summed E-state index contributed by atoms with van der Waals surface area (Å²) in [7, 11) is 0. The molecule has 0 radical (unpaired) electrons. The number of carbonyl (C=O) groups excluding carboxylic acids is 1. The molecule has 0 amide bonds. The van der Waals surface area contributed by atoms with Crippen molar-refractivity contribution in [3.05, 3.63) is 65.7 Å². The van der Waals surface area contributed by atoms with Crippen LogP contribution in [0, 0.1) is 0 Å². The molecule has 2 nitrogen and oxygen atoms in total. The van der Waals surface area contributed by atoms with Crippen LogP contribution in [0.4, 0.5) is 0 Å². The molecular formula is C25H34O2. The number of unbranched alkanes of at least 4 members (excludes halogenated alkanes) is 7. The smallest absolute Gasteiger partial charge is 0.193 e. The molecule has 0 N–H and O–H groups in total. The first-order valence-corrected chi connectivity index (χ1v) is 10.6. The number of ketones is 1. The Labute approximate surface area is 165 Å². The Kier molecular flexibility index (Phi) is 9.68. The molecule has 0 aliphatic rings. The average molecular weight is 367 g/mol. The van der Waals surface area contributed by atoms with E-state index in [0.717, 1.165) is 12.2 Å². The highest BCUT2D eigenvalue weighted by Gasteiger charge is 2.09. The maximum Gasteiger partial charge on any atom is 0.193 e. The minimum atomic E-state index is 0.0501. The highest BCUT2D eigenvalue weighted by molar-refractivity contribution is 6.08. The quantitative estimate of drug-likeness (QED) is 0.276. The van der Waals surface area contributed by atoms with Crippen LogP contribution in [0.2, 0.25) is 0 Å². The molecule has 0 aliphatic carbocycles. The first-order valence-electron chi connectivity index (χ1n) is 10.6. The van der Waals surface area contributed by atoms with Crippen molar-refractivity contribution in [2.24, 2.45) is 0 Å². The van der Waals surface area contributed by atoms with Gasteiger partial charge in [0.05, 0.1) is 6.10 Å². The van der Waals surface area contributed by atoms with Gasteiger partial charge in [0.15, 0.2) is 5.78 Å². The summed E-state index contributed by atoms with van der Waals surface area (Å²) in [4.78, 5) is 12.4. The van der Waals surface area contributed by atoms with Crippen LogP contribution >= 0.6 is 0 Å². The molecule has 0 saturated heterocycles. The van der Waals surface area contributed by atoms with E-state index in [9.17, 15) is 4.79 Å². The van der Waals surface area contributed by atoms with Crippen LogP contribution in [0.3, 0.4) is 0 Å². The second-order valence-corrected chi connectivity index (χ2v) is 7.41. The third-order valence-corrected chi connectivity index (χ3v) is 4.95. The van der Waals surface area contributed by atoms with E-state index in [2.05, 4.69) is 13.8 Å². The van der Waals surface area contributed by atoms with E-state index >= 15 is 0 Å². The second-order valence-electron chi connectivity index (χ2n) is 7.41. The first-order chi connectivity index (χ1) is 13.2. The molecular weight excluding hydrogens is 332 g/mol. The zero-order valence-corrected chi connectivity index (χ0v) is 17.0. The van der Waals surface area contributed by atoms with Gasteiger partial charge in [-0.3, -0.25) is 4.79 Å². The fourth-order valence-electron chi connectivity index (χ4n) is 3.30.